The molecule has 1 aliphatic rings. The lowest BCUT2D eigenvalue weighted by molar-refractivity contribution is 0.0893. The van der Waals surface area contributed by atoms with E-state index >= 15 is 0 Å². The number of nitrogens with one attached hydrogen (secondary N) is 1. The quantitative estimate of drug-likeness (QED) is 0.775. The second-order valence-corrected chi connectivity index (χ2v) is 7.51. The van der Waals surface area contributed by atoms with Crippen LogP contribution >= 0.6 is 0 Å². The first kappa shape index (κ1) is 17.7. The zero-order valence-corrected chi connectivity index (χ0v) is 16.0. The predicted octanol–water partition coefficient (Wildman–Crippen LogP) is 3.28. The number of fused-ring (bicyclic) bond motifs is 1. The minimum atomic E-state index is 0.0151. The van der Waals surface area contributed by atoms with Crippen LogP contribution < -0.4 is 5.32 Å². The molecule has 5 nitrogen and oxygen atoms in total. The molecule has 0 radical (unpaired) electrons. The van der Waals surface area contributed by atoms with Gasteiger partial charge in [-0.15, -0.1) is 0 Å². The average molecular weight is 362 g/mol. The fourth-order valence-corrected chi connectivity index (χ4v) is 4.16. The van der Waals surface area contributed by atoms with Gasteiger partial charge in [0.25, 0.3) is 5.91 Å². The molecule has 1 atom stereocenters. The molecule has 0 bridgehead atoms. The first-order valence-corrected chi connectivity index (χ1v) is 9.59. The molecule has 0 aliphatic carbocycles. The summed E-state index contributed by atoms with van der Waals surface area (Å²) in [4.78, 5) is 19.5. The third-order valence-corrected chi connectivity index (χ3v) is 5.46. The number of pyridine rings is 1. The maximum Gasteiger partial charge on any atom is 0.268 e. The highest BCUT2D eigenvalue weighted by molar-refractivity contribution is 5.99. The Kier molecular flexibility index (Phi) is 4.94. The first-order chi connectivity index (χ1) is 13.1. The average Bonchev–Trinajstić information content (AvgIpc) is 3.01. The molecule has 3 heterocycles. The van der Waals surface area contributed by atoms with Crippen LogP contribution in [0.25, 0.3) is 10.9 Å². The Labute approximate surface area is 160 Å². The van der Waals surface area contributed by atoms with Crippen molar-refractivity contribution >= 4 is 16.8 Å². The zero-order chi connectivity index (χ0) is 18.8. The van der Waals surface area contributed by atoms with Crippen molar-refractivity contribution in [2.75, 3.05) is 13.1 Å². The van der Waals surface area contributed by atoms with E-state index in [1.807, 2.05) is 36.0 Å². The number of piperidine rings is 1. The highest BCUT2D eigenvalue weighted by Gasteiger charge is 2.23. The number of nitrogens with zero attached hydrogens (tertiary/aromatic N) is 3. The van der Waals surface area contributed by atoms with Gasteiger partial charge >= 0.3 is 0 Å². The molecule has 1 fully saturated rings. The fraction of sp³-hybridized carbons (Fsp3) is 0.364. The van der Waals surface area contributed by atoms with Gasteiger partial charge in [-0.1, -0.05) is 24.3 Å². The Hall–Kier alpha value is -2.66. The van der Waals surface area contributed by atoms with Crippen molar-refractivity contribution in [3.63, 3.8) is 0 Å². The van der Waals surface area contributed by atoms with Gasteiger partial charge in [0.1, 0.15) is 5.69 Å². The summed E-state index contributed by atoms with van der Waals surface area (Å²) < 4.78 is 2.01. The monoisotopic (exact) mass is 362 g/mol. The van der Waals surface area contributed by atoms with Crippen LogP contribution in [0.15, 0.2) is 48.8 Å². The van der Waals surface area contributed by atoms with Crippen LogP contribution in [0, 0.1) is 6.92 Å². The van der Waals surface area contributed by atoms with E-state index in [0.717, 1.165) is 49.1 Å². The molecular weight excluding hydrogens is 336 g/mol. The van der Waals surface area contributed by atoms with E-state index in [-0.39, 0.29) is 11.9 Å². The molecular formula is C22H26N4O. The standard InChI is InChI=1S/C22H26N4O/c1-16-6-3-8-18-12-20(25(2)21(16)18)22(27)24-19-9-5-11-26(15-19)14-17-7-4-10-23-13-17/h3-4,6-8,10,12-13,19H,5,9,11,14-15H2,1-2H3,(H,24,27). The van der Waals surface area contributed by atoms with E-state index in [2.05, 4.69) is 40.3 Å². The summed E-state index contributed by atoms with van der Waals surface area (Å²) in [6.07, 6.45) is 5.84. The number of aryl methyl sites for hydroxylation is 2. The zero-order valence-electron chi connectivity index (χ0n) is 16.0. The van der Waals surface area contributed by atoms with Crippen molar-refractivity contribution in [1.29, 1.82) is 0 Å². The highest BCUT2D eigenvalue weighted by Crippen LogP contribution is 2.22. The maximum absolute atomic E-state index is 12.9. The summed E-state index contributed by atoms with van der Waals surface area (Å²) in [5, 5.41) is 4.37. The van der Waals surface area contributed by atoms with Gasteiger partial charge in [0, 0.05) is 44.0 Å². The van der Waals surface area contributed by atoms with Crippen molar-refractivity contribution in [3.8, 4) is 0 Å². The molecule has 0 saturated carbocycles. The molecule has 1 saturated heterocycles. The molecule has 4 rings (SSSR count). The van der Waals surface area contributed by atoms with Crippen molar-refractivity contribution < 1.29 is 4.79 Å². The van der Waals surface area contributed by atoms with Crippen LogP contribution in [0.3, 0.4) is 0 Å². The van der Waals surface area contributed by atoms with E-state index in [1.165, 1.54) is 11.1 Å². The van der Waals surface area contributed by atoms with E-state index in [0.29, 0.717) is 0 Å². The Morgan fingerprint density at radius 2 is 2.19 bits per heavy atom. The Morgan fingerprint density at radius 3 is 2.96 bits per heavy atom. The largest absolute Gasteiger partial charge is 0.347 e. The van der Waals surface area contributed by atoms with Gasteiger partial charge in [-0.2, -0.15) is 0 Å². The number of benzene rings is 1. The molecule has 3 aromatic rings. The maximum atomic E-state index is 12.9. The van der Waals surface area contributed by atoms with Crippen LogP contribution in [0.1, 0.15) is 34.5 Å². The van der Waals surface area contributed by atoms with Crippen LogP contribution in [-0.4, -0.2) is 39.5 Å². The summed E-state index contributed by atoms with van der Waals surface area (Å²) in [5.74, 6) is 0.0151. The number of likely N-dealkylation sites (tertiary alicyclic amines) is 1. The number of hydrogen-bond donors (Lipinski definition) is 1. The van der Waals surface area contributed by atoms with E-state index in [9.17, 15) is 4.79 Å². The van der Waals surface area contributed by atoms with Gasteiger partial charge < -0.3 is 9.88 Å². The second kappa shape index (κ2) is 7.53. The van der Waals surface area contributed by atoms with E-state index in [4.69, 9.17) is 0 Å². The van der Waals surface area contributed by atoms with Gasteiger partial charge in [0.15, 0.2) is 0 Å². The van der Waals surface area contributed by atoms with Crippen molar-refractivity contribution in [3.05, 3.63) is 65.6 Å². The molecule has 5 heteroatoms. The van der Waals surface area contributed by atoms with Crippen LogP contribution in [0.4, 0.5) is 0 Å². The van der Waals surface area contributed by atoms with Gasteiger partial charge in [-0.05, 0) is 49.6 Å². The molecule has 1 unspecified atom stereocenters. The lowest BCUT2D eigenvalue weighted by Gasteiger charge is -2.33. The smallest absolute Gasteiger partial charge is 0.268 e. The molecule has 140 valence electrons. The van der Waals surface area contributed by atoms with Gasteiger partial charge in [0.2, 0.25) is 0 Å². The van der Waals surface area contributed by atoms with Crippen LogP contribution in [0.5, 0.6) is 0 Å². The van der Waals surface area contributed by atoms with Crippen LogP contribution in [-0.2, 0) is 13.6 Å². The molecule has 27 heavy (non-hydrogen) atoms. The molecule has 0 spiro atoms. The third-order valence-electron chi connectivity index (χ3n) is 5.46. The number of hydrogen-bond acceptors (Lipinski definition) is 3. The van der Waals surface area contributed by atoms with Crippen molar-refractivity contribution in [1.82, 2.24) is 19.8 Å². The molecule has 1 aromatic carbocycles. The first-order valence-electron chi connectivity index (χ1n) is 9.59. The molecule has 1 aliphatic heterocycles. The summed E-state index contributed by atoms with van der Waals surface area (Å²) in [7, 11) is 1.97. The summed E-state index contributed by atoms with van der Waals surface area (Å²) >= 11 is 0. The van der Waals surface area contributed by atoms with Gasteiger partial charge in [-0.3, -0.25) is 14.7 Å². The summed E-state index contributed by atoms with van der Waals surface area (Å²) in [6, 6.07) is 12.4. The molecule has 2 aromatic heterocycles. The minimum Gasteiger partial charge on any atom is -0.347 e. The number of carbonyl (C=O) groups is 1. The molecule has 1 amide bonds. The van der Waals surface area contributed by atoms with Gasteiger partial charge in [0.05, 0.1) is 5.52 Å². The number of rotatable bonds is 4. The van der Waals surface area contributed by atoms with Crippen molar-refractivity contribution in [2.45, 2.75) is 32.4 Å². The number of para-hydroxylation sites is 1. The Balaban J connectivity index is 1.45. The lowest BCUT2D eigenvalue weighted by Crippen LogP contribution is -2.47. The number of aromatic nitrogens is 2. The van der Waals surface area contributed by atoms with E-state index < -0.39 is 0 Å². The Morgan fingerprint density at radius 1 is 1.30 bits per heavy atom. The number of carbonyl (C=O) groups excluding carboxylic acids is 1. The van der Waals surface area contributed by atoms with Crippen LogP contribution in [0.2, 0.25) is 0 Å². The second-order valence-electron chi connectivity index (χ2n) is 7.51. The number of amides is 1. The third kappa shape index (κ3) is 3.74. The van der Waals surface area contributed by atoms with Crippen molar-refractivity contribution in [2.24, 2.45) is 7.05 Å². The normalized spacial score (nSPS) is 17.9. The SMILES string of the molecule is Cc1cccc2cc(C(=O)NC3CCCN(Cc4cccnc4)C3)n(C)c12. The summed E-state index contributed by atoms with van der Waals surface area (Å²) in [6.45, 7) is 4.91. The molecule has 1 N–H and O–H groups in total. The predicted molar refractivity (Wildman–Crippen MR) is 108 cm³/mol. The topological polar surface area (TPSA) is 50.2 Å². The summed E-state index contributed by atoms with van der Waals surface area (Å²) in [5.41, 5.74) is 4.26. The van der Waals surface area contributed by atoms with Gasteiger partial charge in [-0.25, -0.2) is 0 Å². The van der Waals surface area contributed by atoms with E-state index in [1.54, 1.807) is 6.20 Å². The minimum absolute atomic E-state index is 0.0151. The fourth-order valence-electron chi connectivity index (χ4n) is 4.16. The Bertz CT molecular complexity index is 948. The lowest BCUT2D eigenvalue weighted by atomic mass is 10.0. The highest BCUT2D eigenvalue weighted by atomic mass is 16.2.